The van der Waals surface area contributed by atoms with Crippen molar-refractivity contribution in [3.05, 3.63) is 52.7 Å². The Kier molecular flexibility index (Phi) is 10.5. The molecule has 2 rings (SSSR count). The van der Waals surface area contributed by atoms with E-state index in [9.17, 15) is 0 Å². The fourth-order valence-corrected chi connectivity index (χ4v) is 2.92. The molecule has 6 heteroatoms. The van der Waals surface area contributed by atoms with Crippen LogP contribution in [-0.2, 0) is 0 Å². The largest absolute Gasteiger partial charge is 0.494 e. The molecular weight excluding hydrogens is 433 g/mol. The van der Waals surface area contributed by atoms with Gasteiger partial charge in [0.15, 0.2) is 5.96 Å². The van der Waals surface area contributed by atoms with Gasteiger partial charge in [-0.2, -0.15) is 0 Å². The van der Waals surface area contributed by atoms with Gasteiger partial charge in [-0.1, -0.05) is 31.2 Å². The average Bonchev–Trinajstić information content (AvgIpc) is 3.12. The number of benzene rings is 1. The van der Waals surface area contributed by atoms with Crippen LogP contribution in [0, 0.1) is 0 Å². The Balaban J connectivity index is 0.00000288. The van der Waals surface area contributed by atoms with Crippen molar-refractivity contribution in [2.24, 2.45) is 4.99 Å². The van der Waals surface area contributed by atoms with E-state index in [1.807, 2.05) is 30.3 Å². The van der Waals surface area contributed by atoms with Gasteiger partial charge >= 0.3 is 0 Å². The first kappa shape index (κ1) is 20.8. The van der Waals surface area contributed by atoms with E-state index >= 15 is 0 Å². The first-order valence-corrected chi connectivity index (χ1v) is 8.83. The summed E-state index contributed by atoms with van der Waals surface area (Å²) < 4.78 is 5.67. The number of nitrogens with one attached hydrogen (secondary N) is 2. The highest BCUT2D eigenvalue weighted by Crippen LogP contribution is 2.19. The second kappa shape index (κ2) is 12.1. The molecule has 4 nitrogen and oxygen atoms in total. The monoisotopic (exact) mass is 459 g/mol. The number of para-hydroxylation sites is 1. The van der Waals surface area contributed by atoms with E-state index in [2.05, 4.69) is 40.1 Å². The number of aliphatic imine (C=N–C) groups is 1. The second-order valence-electron chi connectivity index (χ2n) is 5.31. The number of thiophene rings is 1. The van der Waals surface area contributed by atoms with Gasteiger partial charge in [0.2, 0.25) is 0 Å². The molecule has 0 aliphatic carbocycles. The Bertz CT molecular complexity index is 575. The molecule has 0 aliphatic heterocycles. The smallest absolute Gasteiger partial charge is 0.191 e. The summed E-state index contributed by atoms with van der Waals surface area (Å²) in [7, 11) is 1.80. The first-order chi connectivity index (χ1) is 11.3. The van der Waals surface area contributed by atoms with Crippen LogP contribution in [0.4, 0.5) is 0 Å². The van der Waals surface area contributed by atoms with Crippen LogP contribution in [0.1, 0.15) is 24.1 Å². The Hall–Kier alpha value is -1.28. The van der Waals surface area contributed by atoms with Crippen molar-refractivity contribution in [3.63, 3.8) is 0 Å². The molecule has 0 bridgehead atoms. The van der Waals surface area contributed by atoms with Crippen molar-refractivity contribution >= 4 is 41.3 Å². The van der Waals surface area contributed by atoms with Crippen LogP contribution in [0.5, 0.6) is 5.75 Å². The second-order valence-corrected chi connectivity index (χ2v) is 6.29. The predicted octanol–water partition coefficient (Wildman–Crippen LogP) is 4.10. The SMILES string of the molecule is CN=C(NCCCOc1ccccc1)NCC(C)c1cccs1.I. The van der Waals surface area contributed by atoms with Gasteiger partial charge in [-0.05, 0) is 30.0 Å². The lowest BCUT2D eigenvalue weighted by molar-refractivity contribution is 0.311. The lowest BCUT2D eigenvalue weighted by atomic mass is 10.1. The van der Waals surface area contributed by atoms with Crippen LogP contribution in [0.3, 0.4) is 0 Å². The quantitative estimate of drug-likeness (QED) is 0.271. The van der Waals surface area contributed by atoms with Crippen molar-refractivity contribution in [1.82, 2.24) is 10.6 Å². The van der Waals surface area contributed by atoms with E-state index in [4.69, 9.17) is 4.74 Å². The third-order valence-electron chi connectivity index (χ3n) is 3.45. The summed E-state index contributed by atoms with van der Waals surface area (Å²) in [5.41, 5.74) is 0. The van der Waals surface area contributed by atoms with Crippen LogP contribution in [0.2, 0.25) is 0 Å². The maximum Gasteiger partial charge on any atom is 0.191 e. The molecular formula is C18H26IN3OS. The molecule has 132 valence electrons. The number of guanidine groups is 1. The zero-order chi connectivity index (χ0) is 16.3. The highest BCUT2D eigenvalue weighted by molar-refractivity contribution is 14.0. The maximum absolute atomic E-state index is 5.67. The van der Waals surface area contributed by atoms with Gasteiger partial charge in [0.25, 0.3) is 0 Å². The van der Waals surface area contributed by atoms with Crippen molar-refractivity contribution in [2.45, 2.75) is 19.3 Å². The summed E-state index contributed by atoms with van der Waals surface area (Å²) >= 11 is 1.80. The molecule has 0 saturated carbocycles. The Morgan fingerprint density at radius 3 is 2.62 bits per heavy atom. The minimum atomic E-state index is 0. The standard InChI is InChI=1S/C18H25N3OS.HI/c1-15(17-10-6-13-23-17)14-21-18(19-2)20-11-7-12-22-16-8-4-3-5-9-16;/h3-6,8-10,13,15H,7,11-12,14H2,1-2H3,(H2,19,20,21);1H. The molecule has 1 unspecified atom stereocenters. The summed E-state index contributed by atoms with van der Waals surface area (Å²) in [5, 5.41) is 8.81. The van der Waals surface area contributed by atoms with E-state index in [-0.39, 0.29) is 24.0 Å². The molecule has 24 heavy (non-hydrogen) atoms. The summed E-state index contributed by atoms with van der Waals surface area (Å²) in [6, 6.07) is 14.2. The van der Waals surface area contributed by atoms with Gasteiger partial charge in [0.1, 0.15) is 5.75 Å². The molecule has 2 aromatic rings. The highest BCUT2D eigenvalue weighted by Gasteiger charge is 2.07. The number of halogens is 1. The number of rotatable bonds is 8. The van der Waals surface area contributed by atoms with E-state index in [0.29, 0.717) is 12.5 Å². The van der Waals surface area contributed by atoms with Crippen LogP contribution in [-0.4, -0.2) is 32.7 Å². The Morgan fingerprint density at radius 2 is 1.96 bits per heavy atom. The van der Waals surface area contributed by atoms with Crippen LogP contribution in [0.25, 0.3) is 0 Å². The van der Waals surface area contributed by atoms with Gasteiger partial charge in [0.05, 0.1) is 6.61 Å². The minimum Gasteiger partial charge on any atom is -0.494 e. The van der Waals surface area contributed by atoms with Gasteiger partial charge in [-0.3, -0.25) is 4.99 Å². The van der Waals surface area contributed by atoms with E-state index in [1.54, 1.807) is 18.4 Å². The summed E-state index contributed by atoms with van der Waals surface area (Å²) in [6.07, 6.45) is 0.927. The Labute approximate surface area is 165 Å². The van der Waals surface area contributed by atoms with Gasteiger partial charge in [-0.15, -0.1) is 35.3 Å². The van der Waals surface area contributed by atoms with Gasteiger partial charge < -0.3 is 15.4 Å². The topological polar surface area (TPSA) is 45.7 Å². The molecule has 2 N–H and O–H groups in total. The minimum absolute atomic E-state index is 0. The van der Waals surface area contributed by atoms with Gasteiger partial charge in [-0.25, -0.2) is 0 Å². The molecule has 0 radical (unpaired) electrons. The number of hydrogen-bond donors (Lipinski definition) is 2. The fraction of sp³-hybridized carbons (Fsp3) is 0.389. The Morgan fingerprint density at radius 1 is 1.17 bits per heavy atom. The average molecular weight is 459 g/mol. The zero-order valence-corrected chi connectivity index (χ0v) is 17.3. The van der Waals surface area contributed by atoms with E-state index in [1.165, 1.54) is 4.88 Å². The van der Waals surface area contributed by atoms with Crippen LogP contribution in [0.15, 0.2) is 52.8 Å². The summed E-state index contributed by atoms with van der Waals surface area (Å²) in [6.45, 7) is 4.63. The molecule has 1 heterocycles. The summed E-state index contributed by atoms with van der Waals surface area (Å²) in [5.74, 6) is 2.24. The zero-order valence-electron chi connectivity index (χ0n) is 14.2. The highest BCUT2D eigenvalue weighted by atomic mass is 127. The number of ether oxygens (including phenoxy) is 1. The van der Waals surface area contributed by atoms with Crippen molar-refractivity contribution in [1.29, 1.82) is 0 Å². The van der Waals surface area contributed by atoms with Crippen molar-refractivity contribution < 1.29 is 4.74 Å². The number of hydrogen-bond acceptors (Lipinski definition) is 3. The molecule has 1 aromatic heterocycles. The predicted molar refractivity (Wildman–Crippen MR) is 114 cm³/mol. The first-order valence-electron chi connectivity index (χ1n) is 7.95. The third-order valence-corrected chi connectivity index (χ3v) is 4.56. The maximum atomic E-state index is 5.67. The van der Waals surface area contributed by atoms with Crippen LogP contribution < -0.4 is 15.4 Å². The lowest BCUT2D eigenvalue weighted by Crippen LogP contribution is -2.39. The molecule has 1 atom stereocenters. The summed E-state index contributed by atoms with van der Waals surface area (Å²) in [4.78, 5) is 5.65. The lowest BCUT2D eigenvalue weighted by Gasteiger charge is -2.15. The third kappa shape index (κ3) is 7.53. The van der Waals surface area contributed by atoms with E-state index < -0.39 is 0 Å². The van der Waals surface area contributed by atoms with Crippen LogP contribution >= 0.6 is 35.3 Å². The van der Waals surface area contributed by atoms with Gasteiger partial charge in [0, 0.05) is 30.9 Å². The molecule has 0 spiro atoms. The molecule has 1 aromatic carbocycles. The molecule has 0 saturated heterocycles. The van der Waals surface area contributed by atoms with Crippen molar-refractivity contribution in [3.8, 4) is 5.75 Å². The molecule has 0 fully saturated rings. The molecule has 0 aliphatic rings. The van der Waals surface area contributed by atoms with Crippen molar-refractivity contribution in [2.75, 3.05) is 26.7 Å². The number of nitrogens with zero attached hydrogens (tertiary/aromatic N) is 1. The molecule has 0 amide bonds. The van der Waals surface area contributed by atoms with E-state index in [0.717, 1.165) is 31.2 Å². The normalized spacial score (nSPS) is 12.2. The fourth-order valence-electron chi connectivity index (χ4n) is 2.13.